The molecule has 0 saturated heterocycles. The molecule has 2 aromatic rings. The maximum absolute atomic E-state index is 6.86. The number of hydrogen-bond donors (Lipinski definition) is 0. The third-order valence-corrected chi connectivity index (χ3v) is 6.57. The number of benzene rings is 2. The Morgan fingerprint density at radius 3 is 1.93 bits per heavy atom. The molecule has 0 aromatic heterocycles. The van der Waals surface area contributed by atoms with Crippen molar-refractivity contribution in [3.63, 3.8) is 0 Å². The molecule has 0 N–H and O–H groups in total. The first-order chi connectivity index (χ1) is 14.1. The fraction of sp³-hybridized carbons (Fsp3) is 0.520. The largest absolute Gasteiger partial charge is 0.493 e. The molecule has 1 aliphatic carbocycles. The second-order valence-corrected chi connectivity index (χ2v) is 9.06. The normalized spacial score (nSPS) is 24.6. The smallest absolute Gasteiger partial charge is 0.254 e. The number of rotatable bonds is 1. The summed E-state index contributed by atoms with van der Waals surface area (Å²) in [5.41, 5.74) is 1.91. The Balaban J connectivity index is 1.75. The van der Waals surface area contributed by atoms with Crippen molar-refractivity contribution in [3.8, 4) is 34.1 Å². The van der Waals surface area contributed by atoms with Gasteiger partial charge < -0.3 is 18.9 Å². The average Bonchev–Trinajstić information content (AvgIpc) is 2.74. The fourth-order valence-corrected chi connectivity index (χ4v) is 5.24. The van der Waals surface area contributed by atoms with Crippen LogP contribution in [-0.2, 0) is 0 Å². The molecule has 1 spiro atoms. The third kappa shape index (κ3) is 3.13. The van der Waals surface area contributed by atoms with Crippen molar-refractivity contribution in [1.82, 2.24) is 0 Å². The van der Waals surface area contributed by atoms with Crippen molar-refractivity contribution < 1.29 is 18.9 Å². The van der Waals surface area contributed by atoms with Crippen LogP contribution in [0.15, 0.2) is 36.4 Å². The molecule has 29 heavy (non-hydrogen) atoms. The van der Waals surface area contributed by atoms with E-state index >= 15 is 0 Å². The Morgan fingerprint density at radius 1 is 0.828 bits per heavy atom. The van der Waals surface area contributed by atoms with E-state index in [-0.39, 0.29) is 0 Å². The van der Waals surface area contributed by atoms with Crippen molar-refractivity contribution >= 4 is 0 Å². The van der Waals surface area contributed by atoms with Crippen molar-refractivity contribution in [3.05, 3.63) is 36.4 Å². The van der Waals surface area contributed by atoms with Crippen LogP contribution in [0.3, 0.4) is 0 Å². The Bertz CT molecular complexity index is 846. The topological polar surface area (TPSA) is 36.9 Å². The first-order valence-electron chi connectivity index (χ1n) is 11.0. The number of hydrogen-bond acceptors (Lipinski definition) is 4. The highest BCUT2D eigenvalue weighted by Gasteiger charge is 2.51. The molecule has 5 rings (SSSR count). The van der Waals surface area contributed by atoms with Crippen LogP contribution in [-0.4, -0.2) is 19.0 Å². The van der Waals surface area contributed by atoms with Crippen LogP contribution in [0.25, 0.3) is 11.1 Å². The second-order valence-electron chi connectivity index (χ2n) is 9.06. The Kier molecular flexibility index (Phi) is 4.60. The van der Waals surface area contributed by atoms with E-state index in [1.54, 1.807) is 0 Å². The summed E-state index contributed by atoms with van der Waals surface area (Å²) >= 11 is 0. The van der Waals surface area contributed by atoms with Gasteiger partial charge >= 0.3 is 0 Å². The zero-order chi connectivity index (χ0) is 20.0. The van der Waals surface area contributed by atoms with Crippen molar-refractivity contribution in [2.24, 2.45) is 17.8 Å². The van der Waals surface area contributed by atoms with Gasteiger partial charge in [0.2, 0.25) is 0 Å². The third-order valence-electron chi connectivity index (χ3n) is 6.57. The lowest BCUT2D eigenvalue weighted by Crippen LogP contribution is -2.54. The van der Waals surface area contributed by atoms with Crippen LogP contribution in [0.1, 0.15) is 46.5 Å². The SMILES string of the molecule is CC(C)[C@@H]1CC[C@@H](C)CC12Oc1cccc3c1-c1c(cccc1O2)OCCCO3. The summed E-state index contributed by atoms with van der Waals surface area (Å²) in [4.78, 5) is 0. The maximum atomic E-state index is 6.86. The minimum atomic E-state index is -0.673. The lowest BCUT2D eigenvalue weighted by Gasteiger charge is -2.46. The molecule has 0 unspecified atom stereocenters. The standard InChI is InChI=1S/C25H30O4/c1-16(2)18-12-11-17(3)15-25(18)28-21-9-4-7-19-23(21)24-20(27-14-6-13-26-19)8-5-10-22(24)29-25/h4-5,7-10,16-18H,6,11-15H2,1-3H3/t17-,18+/m1/s1. The summed E-state index contributed by atoms with van der Waals surface area (Å²) in [5.74, 6) is 4.00. The van der Waals surface area contributed by atoms with E-state index in [1.807, 2.05) is 36.4 Å². The summed E-state index contributed by atoms with van der Waals surface area (Å²) in [6.45, 7) is 8.10. The predicted molar refractivity (Wildman–Crippen MR) is 113 cm³/mol. The fourth-order valence-electron chi connectivity index (χ4n) is 5.24. The predicted octanol–water partition coefficient (Wildman–Crippen LogP) is 6.07. The van der Waals surface area contributed by atoms with Gasteiger partial charge in [-0.1, -0.05) is 32.9 Å². The summed E-state index contributed by atoms with van der Waals surface area (Å²) in [6, 6.07) is 12.2. The summed E-state index contributed by atoms with van der Waals surface area (Å²) in [5, 5.41) is 0. The van der Waals surface area contributed by atoms with Crippen LogP contribution >= 0.6 is 0 Å². The van der Waals surface area contributed by atoms with Crippen LogP contribution in [0.5, 0.6) is 23.0 Å². The molecule has 3 aliphatic rings. The first kappa shape index (κ1) is 18.7. The molecule has 1 saturated carbocycles. The lowest BCUT2D eigenvalue weighted by atomic mass is 9.72. The van der Waals surface area contributed by atoms with Crippen molar-refractivity contribution in [1.29, 1.82) is 0 Å². The van der Waals surface area contributed by atoms with Gasteiger partial charge in [-0.25, -0.2) is 0 Å². The van der Waals surface area contributed by atoms with Gasteiger partial charge in [0.05, 0.1) is 24.3 Å². The summed E-state index contributed by atoms with van der Waals surface area (Å²) in [7, 11) is 0. The van der Waals surface area contributed by atoms with Gasteiger partial charge in [-0.15, -0.1) is 0 Å². The van der Waals surface area contributed by atoms with Gasteiger partial charge in [0, 0.05) is 18.8 Å². The van der Waals surface area contributed by atoms with Gasteiger partial charge in [0.1, 0.15) is 23.0 Å². The maximum Gasteiger partial charge on any atom is 0.254 e. The Labute approximate surface area is 173 Å². The van der Waals surface area contributed by atoms with Crippen molar-refractivity contribution in [2.45, 2.75) is 52.2 Å². The molecule has 2 aliphatic heterocycles. The van der Waals surface area contributed by atoms with E-state index in [9.17, 15) is 0 Å². The van der Waals surface area contributed by atoms with E-state index in [0.717, 1.165) is 53.4 Å². The van der Waals surface area contributed by atoms with E-state index in [2.05, 4.69) is 20.8 Å². The number of ether oxygens (including phenoxy) is 4. The lowest BCUT2D eigenvalue weighted by molar-refractivity contribution is -0.194. The van der Waals surface area contributed by atoms with E-state index < -0.39 is 5.79 Å². The molecule has 2 atom stereocenters. The van der Waals surface area contributed by atoms with Gasteiger partial charge in [0.15, 0.2) is 0 Å². The van der Waals surface area contributed by atoms with Gasteiger partial charge in [-0.05, 0) is 48.9 Å². The molecule has 4 heteroatoms. The van der Waals surface area contributed by atoms with Gasteiger partial charge in [-0.3, -0.25) is 0 Å². The molecule has 4 nitrogen and oxygen atoms in total. The zero-order valence-corrected chi connectivity index (χ0v) is 17.6. The Morgan fingerprint density at radius 2 is 1.38 bits per heavy atom. The second kappa shape index (κ2) is 7.16. The first-order valence-corrected chi connectivity index (χ1v) is 11.0. The highest BCUT2D eigenvalue weighted by molar-refractivity contribution is 5.86. The minimum absolute atomic E-state index is 0.319. The summed E-state index contributed by atoms with van der Waals surface area (Å²) in [6.07, 6.45) is 4.04. The summed E-state index contributed by atoms with van der Waals surface area (Å²) < 4.78 is 26.0. The molecule has 1 fully saturated rings. The molecule has 0 amide bonds. The van der Waals surface area contributed by atoms with Crippen LogP contribution in [0.4, 0.5) is 0 Å². The van der Waals surface area contributed by atoms with E-state index in [0.29, 0.717) is 31.0 Å². The van der Waals surface area contributed by atoms with E-state index in [4.69, 9.17) is 18.9 Å². The van der Waals surface area contributed by atoms with Crippen LogP contribution < -0.4 is 18.9 Å². The highest BCUT2D eigenvalue weighted by Crippen LogP contribution is 2.55. The van der Waals surface area contributed by atoms with Gasteiger partial charge in [0.25, 0.3) is 5.79 Å². The Hall–Kier alpha value is -2.36. The monoisotopic (exact) mass is 394 g/mol. The van der Waals surface area contributed by atoms with Crippen LogP contribution in [0.2, 0.25) is 0 Å². The molecule has 0 radical (unpaired) electrons. The van der Waals surface area contributed by atoms with Crippen molar-refractivity contribution in [2.75, 3.05) is 13.2 Å². The molecular formula is C25H30O4. The minimum Gasteiger partial charge on any atom is -0.493 e. The molecule has 154 valence electrons. The molecule has 0 bridgehead atoms. The quantitative estimate of drug-likeness (QED) is 0.588. The highest BCUT2D eigenvalue weighted by atomic mass is 16.7. The average molecular weight is 395 g/mol. The van der Waals surface area contributed by atoms with Gasteiger partial charge in [-0.2, -0.15) is 0 Å². The van der Waals surface area contributed by atoms with Crippen LogP contribution in [0, 0.1) is 17.8 Å². The molecular weight excluding hydrogens is 364 g/mol. The van der Waals surface area contributed by atoms with E-state index in [1.165, 1.54) is 6.42 Å². The zero-order valence-electron chi connectivity index (χ0n) is 17.6. The molecule has 2 aromatic carbocycles. The molecule has 2 heterocycles.